The largest absolute Gasteiger partial charge is 0.481 e. The van der Waals surface area contributed by atoms with Crippen molar-refractivity contribution >= 4 is 53.2 Å². The van der Waals surface area contributed by atoms with E-state index in [1.807, 2.05) is 18.2 Å². The number of aromatic amines is 1. The van der Waals surface area contributed by atoms with Gasteiger partial charge in [-0.15, -0.1) is 0 Å². The van der Waals surface area contributed by atoms with Crippen molar-refractivity contribution in [1.82, 2.24) is 20.9 Å². The molecule has 0 saturated heterocycles. The van der Waals surface area contributed by atoms with Gasteiger partial charge in [-0.2, -0.15) is 12.6 Å². The van der Waals surface area contributed by atoms with Crippen molar-refractivity contribution in [3.8, 4) is 0 Å². The fourth-order valence-electron chi connectivity index (χ4n) is 3.52. The molecule has 0 aliphatic rings. The Morgan fingerprint density at radius 2 is 1.61 bits per heavy atom. The second kappa shape index (κ2) is 12.9. The quantitative estimate of drug-likeness (QED) is 0.163. The number of thiol groups is 1. The van der Waals surface area contributed by atoms with Crippen LogP contribution in [0.4, 0.5) is 0 Å². The van der Waals surface area contributed by atoms with Gasteiger partial charge in [-0.25, -0.2) is 4.79 Å². The van der Waals surface area contributed by atoms with Crippen LogP contribution in [0.15, 0.2) is 30.5 Å². The van der Waals surface area contributed by atoms with Gasteiger partial charge >= 0.3 is 11.9 Å². The van der Waals surface area contributed by atoms with Gasteiger partial charge in [-0.05, 0) is 17.5 Å². The van der Waals surface area contributed by atoms with Crippen LogP contribution in [0.3, 0.4) is 0 Å². The van der Waals surface area contributed by atoms with Crippen molar-refractivity contribution in [2.45, 2.75) is 50.9 Å². The number of carbonyl (C=O) groups is 5. The maximum Gasteiger partial charge on any atom is 0.326 e. The summed E-state index contributed by atoms with van der Waals surface area (Å²) in [5, 5.41) is 26.4. The number of hydrogen-bond donors (Lipinski definition) is 8. The van der Waals surface area contributed by atoms with Gasteiger partial charge in [-0.3, -0.25) is 19.2 Å². The van der Waals surface area contributed by atoms with E-state index in [1.54, 1.807) is 26.1 Å². The van der Waals surface area contributed by atoms with Crippen LogP contribution >= 0.6 is 12.6 Å². The highest BCUT2D eigenvalue weighted by Gasteiger charge is 2.32. The maximum absolute atomic E-state index is 13.2. The average Bonchev–Trinajstić information content (AvgIpc) is 3.22. The van der Waals surface area contributed by atoms with Crippen LogP contribution in [0.25, 0.3) is 10.9 Å². The zero-order chi connectivity index (χ0) is 27.0. The molecule has 196 valence electrons. The highest BCUT2D eigenvalue weighted by Crippen LogP contribution is 2.19. The minimum Gasteiger partial charge on any atom is -0.481 e. The van der Waals surface area contributed by atoms with Crippen molar-refractivity contribution in [3.05, 3.63) is 36.0 Å². The monoisotopic (exact) mass is 521 g/mol. The van der Waals surface area contributed by atoms with Gasteiger partial charge in [0.25, 0.3) is 0 Å². The SMILES string of the molecule is CC(C)C(NC(=O)C(N)CS)C(=O)NC(Cc1c[nH]c2ccccc12)C(=O)NC(CC(=O)O)C(=O)O. The molecule has 0 radical (unpaired) electrons. The van der Waals surface area contributed by atoms with E-state index in [2.05, 4.69) is 33.6 Å². The van der Waals surface area contributed by atoms with E-state index >= 15 is 0 Å². The number of fused-ring (bicyclic) bond motifs is 1. The lowest BCUT2D eigenvalue weighted by Gasteiger charge is -2.26. The first-order valence-electron chi connectivity index (χ1n) is 11.2. The number of rotatable bonds is 13. The second-order valence-electron chi connectivity index (χ2n) is 8.64. The van der Waals surface area contributed by atoms with Crippen LogP contribution in [0.5, 0.6) is 0 Å². The first kappa shape index (κ1) is 28.7. The number of carboxylic acids is 2. The normalized spacial score (nSPS) is 14.5. The summed E-state index contributed by atoms with van der Waals surface area (Å²) in [7, 11) is 0. The lowest BCUT2D eigenvalue weighted by molar-refractivity contribution is -0.147. The lowest BCUT2D eigenvalue weighted by Crippen LogP contribution is -2.59. The minimum atomic E-state index is -1.70. The summed E-state index contributed by atoms with van der Waals surface area (Å²) in [5.41, 5.74) is 7.15. The zero-order valence-electron chi connectivity index (χ0n) is 19.9. The van der Waals surface area contributed by atoms with Crippen molar-refractivity contribution in [2.75, 3.05) is 5.75 Å². The Balaban J connectivity index is 2.33. The molecule has 1 aromatic carbocycles. The Morgan fingerprint density at radius 3 is 2.19 bits per heavy atom. The predicted octanol–water partition coefficient (Wildman–Crippen LogP) is -0.363. The Morgan fingerprint density at radius 1 is 0.972 bits per heavy atom. The Hall–Kier alpha value is -3.58. The first-order valence-corrected chi connectivity index (χ1v) is 11.8. The number of amides is 3. The number of nitrogens with two attached hydrogens (primary N) is 1. The van der Waals surface area contributed by atoms with Crippen molar-refractivity contribution < 1.29 is 34.2 Å². The molecule has 1 heterocycles. The molecule has 1 aromatic heterocycles. The molecule has 0 aliphatic carbocycles. The van der Waals surface area contributed by atoms with Gasteiger partial charge in [0.15, 0.2) is 0 Å². The van der Waals surface area contributed by atoms with Crippen LogP contribution in [-0.2, 0) is 30.4 Å². The van der Waals surface area contributed by atoms with E-state index in [0.29, 0.717) is 5.56 Å². The molecule has 3 amide bonds. The summed E-state index contributed by atoms with van der Waals surface area (Å²) >= 11 is 3.98. The summed E-state index contributed by atoms with van der Waals surface area (Å²) in [6.07, 6.45) is 0.785. The molecule has 13 heteroatoms. The second-order valence-corrected chi connectivity index (χ2v) is 9.01. The number of carbonyl (C=O) groups excluding carboxylic acids is 3. The van der Waals surface area contributed by atoms with Gasteiger partial charge in [-0.1, -0.05) is 32.0 Å². The number of benzene rings is 1. The molecule has 8 N–H and O–H groups in total. The smallest absolute Gasteiger partial charge is 0.326 e. The van der Waals surface area contributed by atoms with Gasteiger partial charge in [0.2, 0.25) is 17.7 Å². The number of nitrogens with one attached hydrogen (secondary N) is 4. The highest BCUT2D eigenvalue weighted by molar-refractivity contribution is 7.80. The van der Waals surface area contributed by atoms with E-state index in [0.717, 1.165) is 10.9 Å². The number of aliphatic carboxylic acids is 2. The number of para-hydroxylation sites is 1. The third-order valence-corrected chi connectivity index (χ3v) is 5.90. The van der Waals surface area contributed by atoms with Gasteiger partial charge in [0.05, 0.1) is 12.5 Å². The standard InChI is InChI=1S/C23H31N5O7S/c1-11(2)19(28-20(31)14(24)10-36)22(33)26-16(21(32)27-17(23(34)35)8-18(29)30)7-12-9-25-15-6-4-3-5-13(12)15/h3-6,9,11,14,16-17,19,25,36H,7-8,10,24H2,1-2H3,(H,26,33)(H,27,32)(H,28,31)(H,29,30)(H,34,35). The summed E-state index contributed by atoms with van der Waals surface area (Å²) in [5.74, 6) is -5.43. The summed E-state index contributed by atoms with van der Waals surface area (Å²) in [6.45, 7) is 3.39. The zero-order valence-corrected chi connectivity index (χ0v) is 20.7. The number of hydrogen-bond acceptors (Lipinski definition) is 7. The molecule has 2 aromatic rings. The van der Waals surface area contributed by atoms with Crippen LogP contribution < -0.4 is 21.7 Å². The average molecular weight is 522 g/mol. The molecule has 0 fully saturated rings. The van der Waals surface area contributed by atoms with Gasteiger partial charge in [0, 0.05) is 29.3 Å². The predicted molar refractivity (Wildman–Crippen MR) is 134 cm³/mol. The molecule has 4 unspecified atom stereocenters. The molecule has 0 saturated carbocycles. The molecule has 0 aliphatic heterocycles. The molecule has 12 nitrogen and oxygen atoms in total. The number of carboxylic acid groups (broad SMARTS) is 2. The first-order chi connectivity index (χ1) is 16.9. The van der Waals surface area contributed by atoms with Crippen LogP contribution in [0.2, 0.25) is 0 Å². The summed E-state index contributed by atoms with van der Waals surface area (Å²) in [4.78, 5) is 64.1. The number of aromatic nitrogens is 1. The van der Waals surface area contributed by atoms with Gasteiger partial charge < -0.3 is 36.9 Å². The minimum absolute atomic E-state index is 0.0318. The van der Waals surface area contributed by atoms with Crippen molar-refractivity contribution in [1.29, 1.82) is 0 Å². The third-order valence-electron chi connectivity index (χ3n) is 5.51. The molecule has 0 bridgehead atoms. The third kappa shape index (κ3) is 7.71. The fourth-order valence-corrected chi connectivity index (χ4v) is 3.68. The van der Waals surface area contributed by atoms with E-state index in [9.17, 15) is 29.1 Å². The highest BCUT2D eigenvalue weighted by atomic mass is 32.1. The molecule has 4 atom stereocenters. The topological polar surface area (TPSA) is 204 Å². The van der Waals surface area contributed by atoms with E-state index < -0.39 is 60.2 Å². The molecule has 0 spiro atoms. The summed E-state index contributed by atoms with van der Waals surface area (Å²) < 4.78 is 0. The lowest BCUT2D eigenvalue weighted by atomic mass is 10.00. The maximum atomic E-state index is 13.2. The number of H-pyrrole nitrogens is 1. The van der Waals surface area contributed by atoms with Crippen LogP contribution in [0.1, 0.15) is 25.8 Å². The van der Waals surface area contributed by atoms with E-state index in [4.69, 9.17) is 10.8 Å². The van der Waals surface area contributed by atoms with Crippen molar-refractivity contribution in [2.24, 2.45) is 11.7 Å². The van der Waals surface area contributed by atoms with Crippen LogP contribution in [-0.4, -0.2) is 74.8 Å². The molecular formula is C23H31N5O7S. The fraction of sp³-hybridized carbons (Fsp3) is 0.435. The summed E-state index contributed by atoms with van der Waals surface area (Å²) in [6, 6.07) is 2.30. The van der Waals surface area contributed by atoms with E-state index in [-0.39, 0.29) is 18.1 Å². The van der Waals surface area contributed by atoms with E-state index in [1.165, 1.54) is 0 Å². The van der Waals surface area contributed by atoms with Gasteiger partial charge in [0.1, 0.15) is 18.1 Å². The molecule has 2 rings (SSSR count). The Labute approximate surface area is 212 Å². The van der Waals surface area contributed by atoms with Crippen LogP contribution in [0, 0.1) is 5.92 Å². The molecule has 36 heavy (non-hydrogen) atoms. The molecular weight excluding hydrogens is 490 g/mol. The van der Waals surface area contributed by atoms with Crippen molar-refractivity contribution in [3.63, 3.8) is 0 Å². The Kier molecular flexibility index (Phi) is 10.3. The Bertz CT molecular complexity index is 1120.